The van der Waals surface area contributed by atoms with Gasteiger partial charge in [0.15, 0.2) is 0 Å². The molecular weight excluding hydrogens is 220 g/mol. The summed E-state index contributed by atoms with van der Waals surface area (Å²) in [5, 5.41) is 0. The third-order valence-electron chi connectivity index (χ3n) is 4.48. The molecule has 2 nitrogen and oxygen atoms in total. The highest BCUT2D eigenvalue weighted by molar-refractivity contribution is 5.51. The smallest absolute Gasteiger partial charge is 0.0712 e. The highest BCUT2D eigenvalue weighted by atomic mass is 15.4. The molecule has 1 aromatic rings. The van der Waals surface area contributed by atoms with Crippen LogP contribution in [0.1, 0.15) is 27.7 Å². The van der Waals surface area contributed by atoms with Crippen LogP contribution in [0.5, 0.6) is 0 Å². The summed E-state index contributed by atoms with van der Waals surface area (Å²) in [6.07, 6.45) is 0. The molecule has 1 aliphatic rings. The predicted octanol–water partition coefficient (Wildman–Crippen LogP) is 3.45. The van der Waals surface area contributed by atoms with Crippen molar-refractivity contribution in [2.24, 2.45) is 11.8 Å². The van der Waals surface area contributed by atoms with Crippen molar-refractivity contribution in [3.8, 4) is 0 Å². The Morgan fingerprint density at radius 3 is 2.06 bits per heavy atom. The largest absolute Gasteiger partial charge is 0.351 e. The molecule has 100 valence electrons. The first kappa shape index (κ1) is 13.4. The summed E-state index contributed by atoms with van der Waals surface area (Å²) in [6.45, 7) is 11.6. The molecule has 0 aromatic heterocycles. The van der Waals surface area contributed by atoms with Crippen molar-refractivity contribution in [1.82, 2.24) is 4.90 Å². The summed E-state index contributed by atoms with van der Waals surface area (Å²) in [7, 11) is 2.22. The molecule has 0 spiro atoms. The van der Waals surface area contributed by atoms with Crippen molar-refractivity contribution in [1.29, 1.82) is 0 Å². The molecule has 0 bridgehead atoms. The summed E-state index contributed by atoms with van der Waals surface area (Å²) in [6, 6.07) is 10.8. The van der Waals surface area contributed by atoms with Crippen LogP contribution in [0.3, 0.4) is 0 Å². The summed E-state index contributed by atoms with van der Waals surface area (Å²) < 4.78 is 0. The zero-order chi connectivity index (χ0) is 13.3. The third kappa shape index (κ3) is 2.03. The van der Waals surface area contributed by atoms with Gasteiger partial charge in [0.2, 0.25) is 0 Å². The van der Waals surface area contributed by atoms with Crippen LogP contribution in [0.25, 0.3) is 0 Å². The number of para-hydroxylation sites is 1. The van der Waals surface area contributed by atoms with E-state index < -0.39 is 0 Å². The van der Waals surface area contributed by atoms with Gasteiger partial charge in [0, 0.05) is 12.2 Å². The van der Waals surface area contributed by atoms with Gasteiger partial charge in [0.1, 0.15) is 0 Å². The molecule has 0 aliphatic carbocycles. The predicted molar refractivity (Wildman–Crippen MR) is 78.8 cm³/mol. The maximum atomic E-state index is 2.60. The molecule has 1 heterocycles. The highest BCUT2D eigenvalue weighted by Gasteiger charge is 2.48. The molecule has 1 aliphatic heterocycles. The number of hydrogen-bond donors (Lipinski definition) is 0. The first-order valence-electron chi connectivity index (χ1n) is 6.99. The molecule has 1 aromatic carbocycles. The third-order valence-corrected chi connectivity index (χ3v) is 4.48. The lowest BCUT2D eigenvalue weighted by molar-refractivity contribution is 0.220. The molecule has 1 fully saturated rings. The van der Waals surface area contributed by atoms with Gasteiger partial charge >= 0.3 is 0 Å². The quantitative estimate of drug-likeness (QED) is 0.806. The maximum Gasteiger partial charge on any atom is 0.0712 e. The molecule has 0 unspecified atom stereocenters. The van der Waals surface area contributed by atoms with E-state index in [9.17, 15) is 0 Å². The molecule has 2 rings (SSSR count). The fraction of sp³-hybridized carbons (Fsp3) is 0.625. The number of rotatable bonds is 3. The minimum Gasteiger partial charge on any atom is -0.351 e. The minimum absolute atomic E-state index is 0.246. The number of likely N-dealkylation sites (N-methyl/N-ethyl adjacent to an activating group) is 1. The minimum atomic E-state index is 0.246. The van der Waals surface area contributed by atoms with Crippen LogP contribution >= 0.6 is 0 Å². The van der Waals surface area contributed by atoms with Crippen molar-refractivity contribution >= 4 is 5.69 Å². The Kier molecular flexibility index (Phi) is 3.67. The van der Waals surface area contributed by atoms with Gasteiger partial charge in [-0.3, -0.25) is 4.90 Å². The molecule has 0 radical (unpaired) electrons. The Morgan fingerprint density at radius 1 is 1.00 bits per heavy atom. The van der Waals surface area contributed by atoms with Gasteiger partial charge in [-0.2, -0.15) is 0 Å². The molecule has 0 N–H and O–H groups in total. The average Bonchev–Trinajstić information content (AvgIpc) is 2.69. The normalized spacial score (nSPS) is 20.1. The van der Waals surface area contributed by atoms with Crippen molar-refractivity contribution in [3.63, 3.8) is 0 Å². The molecule has 0 saturated carbocycles. The van der Waals surface area contributed by atoms with E-state index >= 15 is 0 Å². The summed E-state index contributed by atoms with van der Waals surface area (Å²) in [4.78, 5) is 5.04. The lowest BCUT2D eigenvalue weighted by atomic mass is 9.76. The summed E-state index contributed by atoms with van der Waals surface area (Å²) in [5.41, 5.74) is 1.60. The van der Waals surface area contributed by atoms with E-state index in [2.05, 4.69) is 74.9 Å². The van der Waals surface area contributed by atoms with Crippen molar-refractivity contribution in [2.45, 2.75) is 33.2 Å². The van der Waals surface area contributed by atoms with Crippen LogP contribution in [0.4, 0.5) is 5.69 Å². The number of benzene rings is 1. The van der Waals surface area contributed by atoms with E-state index in [1.165, 1.54) is 5.69 Å². The summed E-state index contributed by atoms with van der Waals surface area (Å²) >= 11 is 0. The fourth-order valence-electron chi connectivity index (χ4n) is 3.53. The van der Waals surface area contributed by atoms with E-state index in [0.717, 1.165) is 13.2 Å². The van der Waals surface area contributed by atoms with Crippen LogP contribution in [0.15, 0.2) is 30.3 Å². The standard InChI is InChI=1S/C16H26N2/c1-13(2)16(14(3)4)11-17(5)12-18(16)15-9-7-6-8-10-15/h6-10,13-14H,11-12H2,1-5H3. The molecule has 0 amide bonds. The van der Waals surface area contributed by atoms with E-state index in [1.54, 1.807) is 0 Å². The van der Waals surface area contributed by atoms with Gasteiger partial charge in [0.25, 0.3) is 0 Å². The second kappa shape index (κ2) is 4.93. The number of anilines is 1. The van der Waals surface area contributed by atoms with Crippen molar-refractivity contribution < 1.29 is 0 Å². The first-order chi connectivity index (χ1) is 8.48. The van der Waals surface area contributed by atoms with Gasteiger partial charge in [-0.15, -0.1) is 0 Å². The number of nitrogens with zero attached hydrogens (tertiary/aromatic N) is 2. The Balaban J connectivity index is 2.44. The molecular formula is C16H26N2. The fourth-order valence-corrected chi connectivity index (χ4v) is 3.53. The van der Waals surface area contributed by atoms with Crippen LogP contribution in [-0.2, 0) is 0 Å². The van der Waals surface area contributed by atoms with Gasteiger partial charge in [-0.05, 0) is 31.0 Å². The van der Waals surface area contributed by atoms with Crippen LogP contribution in [0.2, 0.25) is 0 Å². The maximum absolute atomic E-state index is 2.60. The topological polar surface area (TPSA) is 6.48 Å². The second-order valence-electron chi connectivity index (χ2n) is 6.22. The lowest BCUT2D eigenvalue weighted by Gasteiger charge is -2.45. The Hall–Kier alpha value is -1.02. The van der Waals surface area contributed by atoms with Crippen LogP contribution < -0.4 is 4.90 Å². The molecule has 0 atom stereocenters. The Morgan fingerprint density at radius 2 is 1.56 bits per heavy atom. The van der Waals surface area contributed by atoms with Crippen molar-refractivity contribution in [2.75, 3.05) is 25.2 Å². The first-order valence-corrected chi connectivity index (χ1v) is 6.99. The van der Waals surface area contributed by atoms with Crippen LogP contribution in [0, 0.1) is 11.8 Å². The van der Waals surface area contributed by atoms with E-state index in [4.69, 9.17) is 0 Å². The summed E-state index contributed by atoms with van der Waals surface area (Å²) in [5.74, 6) is 1.28. The zero-order valence-electron chi connectivity index (χ0n) is 12.4. The van der Waals surface area contributed by atoms with Crippen molar-refractivity contribution in [3.05, 3.63) is 30.3 Å². The van der Waals surface area contributed by atoms with E-state index in [0.29, 0.717) is 11.8 Å². The van der Waals surface area contributed by atoms with E-state index in [1.807, 2.05) is 0 Å². The van der Waals surface area contributed by atoms with Gasteiger partial charge < -0.3 is 4.90 Å². The monoisotopic (exact) mass is 246 g/mol. The van der Waals surface area contributed by atoms with Gasteiger partial charge in [-0.25, -0.2) is 0 Å². The second-order valence-corrected chi connectivity index (χ2v) is 6.22. The lowest BCUT2D eigenvalue weighted by Crippen LogP contribution is -2.54. The Bertz CT molecular complexity index is 375. The van der Waals surface area contributed by atoms with E-state index in [-0.39, 0.29) is 5.54 Å². The highest BCUT2D eigenvalue weighted by Crippen LogP contribution is 2.40. The average molecular weight is 246 g/mol. The van der Waals surface area contributed by atoms with Crippen LogP contribution in [-0.4, -0.2) is 30.7 Å². The molecule has 2 heteroatoms. The Labute approximate surface area is 112 Å². The number of hydrogen-bond acceptors (Lipinski definition) is 2. The molecule has 18 heavy (non-hydrogen) atoms. The van der Waals surface area contributed by atoms with Gasteiger partial charge in [-0.1, -0.05) is 45.9 Å². The molecule has 1 saturated heterocycles. The SMILES string of the molecule is CC(C)C1(C(C)C)CN(C)CN1c1ccccc1. The zero-order valence-corrected chi connectivity index (χ0v) is 12.4. The van der Waals surface area contributed by atoms with Gasteiger partial charge in [0.05, 0.1) is 12.2 Å².